The van der Waals surface area contributed by atoms with Crippen molar-refractivity contribution in [2.45, 2.75) is 0 Å². The van der Waals surface area contributed by atoms with E-state index in [1.807, 2.05) is 18.2 Å². The number of hydrogen-bond acceptors (Lipinski definition) is 4. The minimum absolute atomic E-state index is 0.177. The third kappa shape index (κ3) is 1.36. The van der Waals surface area contributed by atoms with Gasteiger partial charge in [0.15, 0.2) is 0 Å². The summed E-state index contributed by atoms with van der Waals surface area (Å²) in [5.41, 5.74) is 2.55. The van der Waals surface area contributed by atoms with Crippen LogP contribution >= 0.6 is 0 Å². The predicted octanol–water partition coefficient (Wildman–Crippen LogP) is 2.63. The molecule has 0 radical (unpaired) electrons. The number of Topliss-reactive ketones (excluding diaryl/α,β-unsaturated/α-hetero) is 1. The molecule has 2 aliphatic heterocycles. The van der Waals surface area contributed by atoms with E-state index in [0.29, 0.717) is 28.1 Å². The van der Waals surface area contributed by atoms with Crippen molar-refractivity contribution in [1.82, 2.24) is 0 Å². The van der Waals surface area contributed by atoms with Crippen LogP contribution in [0.15, 0.2) is 54.2 Å². The Hall–Kier alpha value is -2.88. The highest BCUT2D eigenvalue weighted by Crippen LogP contribution is 2.39. The Morgan fingerprint density at radius 2 is 1.55 bits per heavy atom. The first kappa shape index (κ1) is 11.0. The van der Waals surface area contributed by atoms with E-state index in [2.05, 4.69) is 5.32 Å². The van der Waals surface area contributed by atoms with Gasteiger partial charge in [-0.3, -0.25) is 4.79 Å². The molecule has 0 fully saturated rings. The number of carbonyl (C=O) groups excluding carboxylic acids is 2. The van der Waals surface area contributed by atoms with Gasteiger partial charge in [-0.15, -0.1) is 0 Å². The Bertz CT molecular complexity index is 805. The molecule has 96 valence electrons. The number of nitrogens with one attached hydrogen (secondary N) is 1. The summed E-state index contributed by atoms with van der Waals surface area (Å²) in [5.74, 6) is -0.176. The number of allylic oxidation sites excluding steroid dienone is 1. The largest absolute Gasteiger partial charge is 0.422 e. The van der Waals surface area contributed by atoms with E-state index in [1.54, 1.807) is 30.3 Å². The molecular formula is C16H9NO3. The maximum absolute atomic E-state index is 12.4. The molecule has 0 saturated heterocycles. The number of fused-ring (bicyclic) bond motifs is 2. The van der Waals surface area contributed by atoms with Crippen molar-refractivity contribution >= 4 is 23.0 Å². The molecule has 0 aliphatic carbocycles. The van der Waals surface area contributed by atoms with Gasteiger partial charge in [0.2, 0.25) is 5.78 Å². The monoisotopic (exact) mass is 263 g/mol. The lowest BCUT2D eigenvalue weighted by atomic mass is 10.0. The van der Waals surface area contributed by atoms with E-state index in [4.69, 9.17) is 4.74 Å². The summed E-state index contributed by atoms with van der Waals surface area (Å²) >= 11 is 0. The second kappa shape index (κ2) is 3.81. The quantitative estimate of drug-likeness (QED) is 0.451. The van der Waals surface area contributed by atoms with Gasteiger partial charge in [0.25, 0.3) is 0 Å². The van der Waals surface area contributed by atoms with Crippen molar-refractivity contribution in [3.05, 3.63) is 65.4 Å². The molecule has 0 atom stereocenters. The third-order valence-electron chi connectivity index (χ3n) is 3.47. The zero-order chi connectivity index (χ0) is 13.7. The molecule has 0 bridgehead atoms. The van der Waals surface area contributed by atoms with Gasteiger partial charge in [-0.25, -0.2) is 4.79 Å². The van der Waals surface area contributed by atoms with Crippen molar-refractivity contribution in [3.8, 4) is 5.75 Å². The van der Waals surface area contributed by atoms with Gasteiger partial charge in [0.1, 0.15) is 11.4 Å². The van der Waals surface area contributed by atoms with Crippen LogP contribution in [0.5, 0.6) is 5.75 Å². The first-order valence-electron chi connectivity index (χ1n) is 6.22. The van der Waals surface area contributed by atoms with Crippen LogP contribution in [0.1, 0.15) is 15.9 Å². The van der Waals surface area contributed by atoms with Crippen LogP contribution in [0.2, 0.25) is 0 Å². The number of benzene rings is 2. The number of hydrogen-bond donors (Lipinski definition) is 1. The van der Waals surface area contributed by atoms with Crippen LogP contribution in [-0.2, 0) is 4.79 Å². The first-order chi connectivity index (χ1) is 9.75. The number of rotatable bonds is 0. The fourth-order valence-electron chi connectivity index (χ4n) is 2.55. The van der Waals surface area contributed by atoms with E-state index in [0.717, 1.165) is 5.69 Å². The molecule has 0 spiro atoms. The molecule has 2 aromatic carbocycles. The maximum atomic E-state index is 12.4. The van der Waals surface area contributed by atoms with Crippen molar-refractivity contribution in [3.63, 3.8) is 0 Å². The van der Waals surface area contributed by atoms with E-state index >= 15 is 0 Å². The van der Waals surface area contributed by atoms with Crippen LogP contribution < -0.4 is 10.1 Å². The molecule has 2 aromatic rings. The van der Waals surface area contributed by atoms with E-state index in [-0.39, 0.29) is 5.78 Å². The van der Waals surface area contributed by atoms with Gasteiger partial charge in [0, 0.05) is 16.8 Å². The summed E-state index contributed by atoms with van der Waals surface area (Å²) in [5, 5.41) is 3.03. The van der Waals surface area contributed by atoms with Crippen molar-refractivity contribution in [2.24, 2.45) is 0 Å². The number of ether oxygens (including phenoxy) is 1. The van der Waals surface area contributed by atoms with Crippen LogP contribution in [0.4, 0.5) is 5.69 Å². The minimum Gasteiger partial charge on any atom is -0.422 e. The highest BCUT2D eigenvalue weighted by atomic mass is 16.5. The van der Waals surface area contributed by atoms with Crippen LogP contribution in [0, 0.1) is 0 Å². The Balaban J connectivity index is 1.94. The van der Waals surface area contributed by atoms with E-state index in [1.165, 1.54) is 0 Å². The Kier molecular flexibility index (Phi) is 2.09. The van der Waals surface area contributed by atoms with Crippen LogP contribution in [-0.4, -0.2) is 11.8 Å². The molecule has 0 aromatic heterocycles. The van der Waals surface area contributed by atoms with E-state index in [9.17, 15) is 9.59 Å². The summed E-state index contributed by atoms with van der Waals surface area (Å²) < 4.78 is 5.19. The fourth-order valence-corrected chi connectivity index (χ4v) is 2.55. The van der Waals surface area contributed by atoms with Gasteiger partial charge in [-0.05, 0) is 18.2 Å². The summed E-state index contributed by atoms with van der Waals surface area (Å²) in [7, 11) is 0. The Labute approximate surface area is 114 Å². The summed E-state index contributed by atoms with van der Waals surface area (Å²) in [6.45, 7) is 0. The molecule has 4 heteroatoms. The second-order valence-electron chi connectivity index (χ2n) is 4.64. The average Bonchev–Trinajstić information content (AvgIpc) is 2.96. The lowest BCUT2D eigenvalue weighted by molar-refractivity contribution is -0.127. The normalized spacial score (nSPS) is 19.4. The number of ketones is 1. The van der Waals surface area contributed by atoms with Gasteiger partial charge in [-0.2, -0.15) is 0 Å². The molecule has 4 nitrogen and oxygen atoms in total. The van der Waals surface area contributed by atoms with Crippen molar-refractivity contribution in [2.75, 3.05) is 5.32 Å². The van der Waals surface area contributed by atoms with Gasteiger partial charge in [0.05, 0.1) is 5.57 Å². The molecule has 0 saturated carbocycles. The second-order valence-corrected chi connectivity index (χ2v) is 4.64. The van der Waals surface area contributed by atoms with Gasteiger partial charge in [-0.1, -0.05) is 30.3 Å². The number of para-hydroxylation sites is 2. The molecule has 4 rings (SSSR count). The van der Waals surface area contributed by atoms with Crippen molar-refractivity contribution < 1.29 is 14.3 Å². The molecular weight excluding hydrogens is 254 g/mol. The lowest BCUT2D eigenvalue weighted by Crippen LogP contribution is -2.10. The molecule has 0 unspecified atom stereocenters. The van der Waals surface area contributed by atoms with Crippen molar-refractivity contribution in [1.29, 1.82) is 0 Å². The fraction of sp³-hybridized carbons (Fsp3) is 0. The SMILES string of the molecule is O=C1Oc2ccccc2/C1=C1\Nc2ccccc2C1=O. The number of carbonyl (C=O) groups is 2. The van der Waals surface area contributed by atoms with E-state index < -0.39 is 5.97 Å². The highest BCUT2D eigenvalue weighted by Gasteiger charge is 2.36. The predicted molar refractivity (Wildman–Crippen MR) is 73.4 cm³/mol. The summed E-state index contributed by atoms with van der Waals surface area (Å²) in [4.78, 5) is 24.5. The van der Waals surface area contributed by atoms with Gasteiger partial charge < -0.3 is 10.1 Å². The van der Waals surface area contributed by atoms with Crippen LogP contribution in [0.25, 0.3) is 5.57 Å². The van der Waals surface area contributed by atoms with Crippen LogP contribution in [0.3, 0.4) is 0 Å². The minimum atomic E-state index is -0.491. The highest BCUT2D eigenvalue weighted by molar-refractivity contribution is 6.33. The smallest absolute Gasteiger partial charge is 0.346 e. The van der Waals surface area contributed by atoms with Gasteiger partial charge >= 0.3 is 5.97 Å². The standard InChI is InChI=1S/C16H9NO3/c18-15-9-5-1-3-7-11(9)17-14(15)13-10-6-2-4-8-12(10)20-16(13)19/h1-8,17H/b14-13+. The zero-order valence-corrected chi connectivity index (χ0v) is 10.3. The first-order valence-corrected chi connectivity index (χ1v) is 6.22. The third-order valence-corrected chi connectivity index (χ3v) is 3.47. The molecule has 1 N–H and O–H groups in total. The summed E-state index contributed by atoms with van der Waals surface area (Å²) in [6.07, 6.45) is 0. The maximum Gasteiger partial charge on any atom is 0.346 e. The average molecular weight is 263 g/mol. The molecule has 2 aliphatic rings. The summed E-state index contributed by atoms with van der Waals surface area (Å²) in [6, 6.07) is 14.3. The Morgan fingerprint density at radius 1 is 0.850 bits per heavy atom. The molecule has 20 heavy (non-hydrogen) atoms. The number of anilines is 1. The zero-order valence-electron chi connectivity index (χ0n) is 10.3. The lowest BCUT2D eigenvalue weighted by Gasteiger charge is -2.01. The molecule has 2 heterocycles. The number of esters is 1. The molecule has 0 amide bonds. The Morgan fingerprint density at radius 3 is 2.35 bits per heavy atom. The topological polar surface area (TPSA) is 55.4 Å².